The van der Waals surface area contributed by atoms with Gasteiger partial charge in [0.05, 0.1) is 12.2 Å². The molecule has 0 radical (unpaired) electrons. The van der Waals surface area contributed by atoms with Gasteiger partial charge in [0.1, 0.15) is 0 Å². The minimum absolute atomic E-state index is 0.389. The maximum atomic E-state index is 4.51. The summed E-state index contributed by atoms with van der Waals surface area (Å²) in [6.07, 6.45) is 2.00. The molecule has 0 aliphatic rings. The molecule has 0 aromatic carbocycles. The fourth-order valence-electron chi connectivity index (χ4n) is 1.54. The molecule has 0 amide bonds. The number of likely N-dealkylation sites (N-methyl/N-ethyl adjacent to an activating group) is 1. The first kappa shape index (κ1) is 14.0. The summed E-state index contributed by atoms with van der Waals surface area (Å²) in [5, 5.41) is 20.1. The number of rotatable bonds is 7. The second-order valence-electron chi connectivity index (χ2n) is 4.46. The molecular weight excluding hydrogens is 262 g/mol. The van der Waals surface area contributed by atoms with Gasteiger partial charge in [0, 0.05) is 24.5 Å². The van der Waals surface area contributed by atoms with E-state index >= 15 is 0 Å². The highest BCUT2D eigenvalue weighted by atomic mass is 32.2. The lowest BCUT2D eigenvalue weighted by Gasteiger charge is -2.04. The van der Waals surface area contributed by atoms with Crippen LogP contribution in [0.4, 0.5) is 0 Å². The van der Waals surface area contributed by atoms with Crippen LogP contribution in [0.25, 0.3) is 0 Å². The van der Waals surface area contributed by atoms with Crippen molar-refractivity contribution in [2.75, 3.05) is 13.6 Å². The Kier molecular flexibility index (Phi) is 4.92. The van der Waals surface area contributed by atoms with Crippen molar-refractivity contribution in [2.24, 2.45) is 0 Å². The average molecular weight is 281 g/mol. The van der Waals surface area contributed by atoms with Crippen molar-refractivity contribution in [3.8, 4) is 0 Å². The standard InChI is InChI=1S/C11H19N7S/c1-9(2)17-6-4-10(14-17)8-19-11-13-15-16-18(11)7-5-12-3/h4,6,9,12H,5,7-8H2,1-3H3. The van der Waals surface area contributed by atoms with Crippen LogP contribution in [0.15, 0.2) is 17.4 Å². The third-order valence-corrected chi connectivity index (χ3v) is 3.61. The Hall–Kier alpha value is -1.41. The van der Waals surface area contributed by atoms with Gasteiger partial charge in [-0.15, -0.1) is 5.10 Å². The lowest BCUT2D eigenvalue weighted by atomic mass is 10.4. The number of hydrogen-bond acceptors (Lipinski definition) is 6. The normalized spacial score (nSPS) is 11.4. The van der Waals surface area contributed by atoms with E-state index in [9.17, 15) is 0 Å². The third-order valence-electron chi connectivity index (χ3n) is 2.61. The zero-order chi connectivity index (χ0) is 13.7. The summed E-state index contributed by atoms with van der Waals surface area (Å²) in [4.78, 5) is 0. The fraction of sp³-hybridized carbons (Fsp3) is 0.636. The maximum absolute atomic E-state index is 4.51. The van der Waals surface area contributed by atoms with Gasteiger partial charge in [0.25, 0.3) is 0 Å². The molecular formula is C11H19N7S. The van der Waals surface area contributed by atoms with E-state index in [1.54, 1.807) is 16.4 Å². The van der Waals surface area contributed by atoms with E-state index < -0.39 is 0 Å². The van der Waals surface area contributed by atoms with Crippen molar-refractivity contribution >= 4 is 11.8 Å². The van der Waals surface area contributed by atoms with E-state index in [-0.39, 0.29) is 0 Å². The van der Waals surface area contributed by atoms with Gasteiger partial charge < -0.3 is 5.32 Å². The zero-order valence-corrected chi connectivity index (χ0v) is 12.3. The first-order chi connectivity index (χ1) is 9.20. The predicted molar refractivity (Wildman–Crippen MR) is 73.9 cm³/mol. The topological polar surface area (TPSA) is 73.5 Å². The number of nitrogens with one attached hydrogen (secondary N) is 1. The molecule has 0 saturated heterocycles. The van der Waals surface area contributed by atoms with Crippen LogP contribution >= 0.6 is 11.8 Å². The van der Waals surface area contributed by atoms with Crippen molar-refractivity contribution < 1.29 is 0 Å². The molecule has 0 atom stereocenters. The SMILES string of the molecule is CNCCn1nnnc1SCc1ccn(C(C)C)n1. The van der Waals surface area contributed by atoms with Gasteiger partial charge >= 0.3 is 0 Å². The van der Waals surface area contributed by atoms with Crippen molar-refractivity contribution in [3.63, 3.8) is 0 Å². The van der Waals surface area contributed by atoms with Gasteiger partial charge in [-0.3, -0.25) is 4.68 Å². The van der Waals surface area contributed by atoms with E-state index in [4.69, 9.17) is 0 Å². The molecule has 0 saturated carbocycles. The minimum Gasteiger partial charge on any atom is -0.318 e. The quantitative estimate of drug-likeness (QED) is 0.762. The second-order valence-corrected chi connectivity index (χ2v) is 5.40. The summed E-state index contributed by atoms with van der Waals surface area (Å²) < 4.78 is 3.76. The molecule has 1 N–H and O–H groups in total. The van der Waals surface area contributed by atoms with Gasteiger partial charge in [-0.2, -0.15) is 5.10 Å². The monoisotopic (exact) mass is 281 g/mol. The first-order valence-corrected chi connectivity index (χ1v) is 7.27. The van der Waals surface area contributed by atoms with Gasteiger partial charge in [-0.1, -0.05) is 11.8 Å². The van der Waals surface area contributed by atoms with Crippen LogP contribution in [-0.2, 0) is 12.3 Å². The lowest BCUT2D eigenvalue weighted by Crippen LogP contribution is -2.16. The molecule has 2 heterocycles. The van der Waals surface area contributed by atoms with Crippen LogP contribution in [0.2, 0.25) is 0 Å². The summed E-state index contributed by atoms with van der Waals surface area (Å²) in [6, 6.07) is 2.43. The van der Waals surface area contributed by atoms with E-state index in [2.05, 4.69) is 39.8 Å². The Bertz CT molecular complexity index is 505. The number of tetrazole rings is 1. The minimum atomic E-state index is 0.389. The van der Waals surface area contributed by atoms with Crippen LogP contribution in [0.1, 0.15) is 25.6 Å². The Balaban J connectivity index is 1.92. The second kappa shape index (κ2) is 6.67. The molecule has 2 aromatic rings. The van der Waals surface area contributed by atoms with E-state index in [0.29, 0.717) is 6.04 Å². The Morgan fingerprint density at radius 1 is 1.42 bits per heavy atom. The van der Waals surface area contributed by atoms with Crippen LogP contribution in [0.5, 0.6) is 0 Å². The molecule has 2 rings (SSSR count). The average Bonchev–Trinajstić information content (AvgIpc) is 3.02. The van der Waals surface area contributed by atoms with E-state index in [1.165, 1.54) is 0 Å². The van der Waals surface area contributed by atoms with Crippen LogP contribution in [0.3, 0.4) is 0 Å². The van der Waals surface area contributed by atoms with Crippen LogP contribution in [-0.4, -0.2) is 43.6 Å². The molecule has 0 aliphatic heterocycles. The molecule has 0 fully saturated rings. The summed E-state index contributed by atoms with van der Waals surface area (Å²) in [7, 11) is 1.91. The molecule has 2 aromatic heterocycles. The lowest BCUT2D eigenvalue weighted by molar-refractivity contribution is 0.527. The molecule has 19 heavy (non-hydrogen) atoms. The highest BCUT2D eigenvalue weighted by Crippen LogP contribution is 2.19. The number of thioether (sulfide) groups is 1. The molecule has 8 heteroatoms. The molecule has 0 aliphatic carbocycles. The highest BCUT2D eigenvalue weighted by molar-refractivity contribution is 7.98. The smallest absolute Gasteiger partial charge is 0.209 e. The summed E-state index contributed by atoms with van der Waals surface area (Å²) in [6.45, 7) is 5.84. The largest absolute Gasteiger partial charge is 0.318 e. The number of hydrogen-bond donors (Lipinski definition) is 1. The van der Waals surface area contributed by atoms with Crippen LogP contribution in [0, 0.1) is 0 Å². The van der Waals surface area contributed by atoms with Gasteiger partial charge in [-0.25, -0.2) is 4.68 Å². The maximum Gasteiger partial charge on any atom is 0.209 e. The van der Waals surface area contributed by atoms with Crippen molar-refractivity contribution in [1.29, 1.82) is 0 Å². The Morgan fingerprint density at radius 2 is 2.26 bits per heavy atom. The first-order valence-electron chi connectivity index (χ1n) is 6.28. The van der Waals surface area contributed by atoms with Gasteiger partial charge in [-0.05, 0) is 37.4 Å². The number of aromatic nitrogens is 6. The molecule has 0 spiro atoms. The molecule has 0 bridgehead atoms. The zero-order valence-electron chi connectivity index (χ0n) is 11.4. The Morgan fingerprint density at radius 3 is 2.95 bits per heavy atom. The highest BCUT2D eigenvalue weighted by Gasteiger charge is 2.08. The third kappa shape index (κ3) is 3.77. The predicted octanol–water partition coefficient (Wildman–Crippen LogP) is 0.962. The van der Waals surface area contributed by atoms with Gasteiger partial charge in [0.15, 0.2) is 0 Å². The van der Waals surface area contributed by atoms with Crippen molar-refractivity contribution in [1.82, 2.24) is 35.3 Å². The summed E-state index contributed by atoms with van der Waals surface area (Å²) in [5.41, 5.74) is 1.04. The van der Waals surface area contributed by atoms with Crippen molar-refractivity contribution in [3.05, 3.63) is 18.0 Å². The molecule has 0 unspecified atom stereocenters. The van der Waals surface area contributed by atoms with E-state index in [1.807, 2.05) is 24.0 Å². The van der Waals surface area contributed by atoms with E-state index in [0.717, 1.165) is 29.7 Å². The molecule has 104 valence electrons. The summed E-state index contributed by atoms with van der Waals surface area (Å²) in [5.74, 6) is 0.777. The Labute approximate surface area is 116 Å². The van der Waals surface area contributed by atoms with Gasteiger partial charge in [0.2, 0.25) is 5.16 Å². The number of nitrogens with zero attached hydrogens (tertiary/aromatic N) is 6. The van der Waals surface area contributed by atoms with Crippen LogP contribution < -0.4 is 5.32 Å². The fourth-order valence-corrected chi connectivity index (χ4v) is 2.34. The van der Waals surface area contributed by atoms with Crippen molar-refractivity contribution in [2.45, 2.75) is 37.3 Å². The molecule has 7 nitrogen and oxygen atoms in total. The summed E-state index contributed by atoms with van der Waals surface area (Å²) >= 11 is 1.61.